The van der Waals surface area contributed by atoms with Gasteiger partial charge in [0.2, 0.25) is 5.91 Å². The summed E-state index contributed by atoms with van der Waals surface area (Å²) in [5, 5.41) is 3.31. The summed E-state index contributed by atoms with van der Waals surface area (Å²) < 4.78 is 0. The van der Waals surface area contributed by atoms with Gasteiger partial charge in [-0.1, -0.05) is 6.42 Å². The van der Waals surface area contributed by atoms with Crippen molar-refractivity contribution in [2.45, 2.75) is 45.2 Å². The zero-order valence-corrected chi connectivity index (χ0v) is 11.7. The van der Waals surface area contributed by atoms with Gasteiger partial charge in [-0.15, -0.1) is 0 Å². The average Bonchev–Trinajstić information content (AvgIpc) is 2.37. The summed E-state index contributed by atoms with van der Waals surface area (Å²) in [6.07, 6.45) is 3.70. The van der Waals surface area contributed by atoms with Crippen LogP contribution >= 0.6 is 0 Å². The molecule has 1 N–H and O–H groups in total. The first-order valence-electron chi connectivity index (χ1n) is 6.75. The van der Waals surface area contributed by atoms with Gasteiger partial charge in [-0.25, -0.2) is 0 Å². The molecule has 1 rings (SSSR count). The van der Waals surface area contributed by atoms with Crippen LogP contribution in [0.2, 0.25) is 0 Å². The minimum atomic E-state index is 0.239. The van der Waals surface area contributed by atoms with Crippen molar-refractivity contribution < 1.29 is 4.79 Å². The van der Waals surface area contributed by atoms with Crippen LogP contribution in [-0.4, -0.2) is 61.5 Å². The Labute approximate surface area is 105 Å². The van der Waals surface area contributed by atoms with Gasteiger partial charge in [0.1, 0.15) is 0 Å². The third-order valence-corrected chi connectivity index (χ3v) is 3.94. The van der Waals surface area contributed by atoms with Gasteiger partial charge in [-0.3, -0.25) is 9.69 Å². The maximum Gasteiger partial charge on any atom is 0.236 e. The van der Waals surface area contributed by atoms with Crippen molar-refractivity contribution in [1.82, 2.24) is 15.1 Å². The Morgan fingerprint density at radius 1 is 1.53 bits per heavy atom. The molecule has 4 nitrogen and oxygen atoms in total. The summed E-state index contributed by atoms with van der Waals surface area (Å²) >= 11 is 0. The molecule has 1 saturated heterocycles. The number of likely N-dealkylation sites (tertiary alicyclic amines) is 1. The highest BCUT2D eigenvalue weighted by molar-refractivity contribution is 5.78. The number of likely N-dealkylation sites (N-methyl/N-ethyl adjacent to an activating group) is 2. The van der Waals surface area contributed by atoms with Gasteiger partial charge in [-0.2, -0.15) is 0 Å². The Balaban J connectivity index is 2.56. The number of carbonyl (C=O) groups excluding carboxylic acids is 1. The van der Waals surface area contributed by atoms with Crippen LogP contribution in [0.15, 0.2) is 0 Å². The number of carbonyl (C=O) groups is 1. The van der Waals surface area contributed by atoms with Crippen LogP contribution in [0, 0.1) is 0 Å². The molecule has 1 aliphatic rings. The molecular weight excluding hydrogens is 214 g/mol. The lowest BCUT2D eigenvalue weighted by atomic mass is 9.96. The van der Waals surface area contributed by atoms with Crippen molar-refractivity contribution in [2.24, 2.45) is 0 Å². The van der Waals surface area contributed by atoms with E-state index in [1.807, 2.05) is 21.0 Å². The molecule has 0 saturated carbocycles. The Hall–Kier alpha value is -0.610. The third kappa shape index (κ3) is 3.96. The molecule has 0 aromatic carbocycles. The van der Waals surface area contributed by atoms with E-state index in [1.165, 1.54) is 19.3 Å². The fourth-order valence-electron chi connectivity index (χ4n) is 2.44. The molecule has 0 aliphatic carbocycles. The predicted octanol–water partition coefficient (Wildman–Crippen LogP) is 0.927. The highest BCUT2D eigenvalue weighted by Gasteiger charge is 2.28. The molecule has 0 aromatic heterocycles. The number of hydrogen-bond donors (Lipinski definition) is 1. The molecule has 0 bridgehead atoms. The van der Waals surface area contributed by atoms with Gasteiger partial charge in [0.15, 0.2) is 0 Å². The molecule has 2 unspecified atom stereocenters. The number of piperidine rings is 1. The van der Waals surface area contributed by atoms with Crippen LogP contribution in [0.4, 0.5) is 0 Å². The smallest absolute Gasteiger partial charge is 0.236 e. The summed E-state index contributed by atoms with van der Waals surface area (Å²) in [5.41, 5.74) is 0. The Kier molecular flexibility index (Phi) is 5.92. The van der Waals surface area contributed by atoms with Crippen LogP contribution in [0.3, 0.4) is 0 Å². The first kappa shape index (κ1) is 14.5. The molecule has 0 radical (unpaired) electrons. The molecule has 2 atom stereocenters. The van der Waals surface area contributed by atoms with Gasteiger partial charge >= 0.3 is 0 Å². The van der Waals surface area contributed by atoms with Crippen molar-refractivity contribution >= 4 is 5.91 Å². The number of amides is 1. The second-order valence-corrected chi connectivity index (χ2v) is 5.02. The van der Waals surface area contributed by atoms with E-state index in [1.54, 1.807) is 4.90 Å². The molecule has 4 heteroatoms. The van der Waals surface area contributed by atoms with Gasteiger partial charge in [0, 0.05) is 25.7 Å². The fourth-order valence-corrected chi connectivity index (χ4v) is 2.44. The Morgan fingerprint density at radius 2 is 2.24 bits per heavy atom. The monoisotopic (exact) mass is 241 g/mol. The van der Waals surface area contributed by atoms with Crippen LogP contribution in [0.1, 0.15) is 33.1 Å². The van der Waals surface area contributed by atoms with E-state index in [9.17, 15) is 4.79 Å². The van der Waals surface area contributed by atoms with Crippen LogP contribution in [0.25, 0.3) is 0 Å². The summed E-state index contributed by atoms with van der Waals surface area (Å²) in [5.74, 6) is 0.239. The SMILES string of the molecule is CCN(C)C(=O)CN1CCCCC1C(C)NC. The molecule has 0 spiro atoms. The quantitative estimate of drug-likeness (QED) is 0.778. The second kappa shape index (κ2) is 6.97. The van der Waals surface area contributed by atoms with Crippen molar-refractivity contribution in [3.05, 3.63) is 0 Å². The molecule has 1 aliphatic heterocycles. The molecule has 1 amide bonds. The highest BCUT2D eigenvalue weighted by Crippen LogP contribution is 2.19. The Morgan fingerprint density at radius 3 is 2.82 bits per heavy atom. The zero-order valence-electron chi connectivity index (χ0n) is 11.7. The lowest BCUT2D eigenvalue weighted by molar-refractivity contribution is -0.132. The first-order valence-corrected chi connectivity index (χ1v) is 6.75. The summed E-state index contributed by atoms with van der Waals surface area (Å²) in [7, 11) is 3.88. The summed E-state index contributed by atoms with van der Waals surface area (Å²) in [6, 6.07) is 0.956. The van der Waals surface area contributed by atoms with Crippen molar-refractivity contribution in [3.8, 4) is 0 Å². The summed E-state index contributed by atoms with van der Waals surface area (Å²) in [4.78, 5) is 16.1. The van der Waals surface area contributed by atoms with Gasteiger partial charge in [0.25, 0.3) is 0 Å². The predicted molar refractivity (Wildman–Crippen MR) is 71.0 cm³/mol. The van der Waals surface area contributed by atoms with E-state index in [2.05, 4.69) is 17.1 Å². The fraction of sp³-hybridized carbons (Fsp3) is 0.923. The van der Waals surface area contributed by atoms with Crippen LogP contribution in [0.5, 0.6) is 0 Å². The molecule has 17 heavy (non-hydrogen) atoms. The topological polar surface area (TPSA) is 35.6 Å². The molecular formula is C13H27N3O. The van der Waals surface area contributed by atoms with E-state index in [4.69, 9.17) is 0 Å². The average molecular weight is 241 g/mol. The third-order valence-electron chi connectivity index (χ3n) is 3.94. The first-order chi connectivity index (χ1) is 8.10. The molecule has 100 valence electrons. The van der Waals surface area contributed by atoms with Crippen molar-refractivity contribution in [1.29, 1.82) is 0 Å². The number of hydrogen-bond acceptors (Lipinski definition) is 3. The van der Waals surface area contributed by atoms with Gasteiger partial charge < -0.3 is 10.2 Å². The standard InChI is InChI=1S/C13H27N3O/c1-5-15(4)13(17)10-16-9-7-6-8-12(16)11(2)14-3/h11-12,14H,5-10H2,1-4H3. The van der Waals surface area contributed by atoms with Crippen molar-refractivity contribution in [2.75, 3.05) is 33.7 Å². The molecule has 0 aromatic rings. The minimum Gasteiger partial charge on any atom is -0.345 e. The van der Waals surface area contributed by atoms with E-state index in [-0.39, 0.29) is 5.91 Å². The van der Waals surface area contributed by atoms with Crippen molar-refractivity contribution in [3.63, 3.8) is 0 Å². The van der Waals surface area contributed by atoms with E-state index in [0.29, 0.717) is 18.6 Å². The summed E-state index contributed by atoms with van der Waals surface area (Å²) in [6.45, 7) is 6.64. The zero-order chi connectivity index (χ0) is 12.8. The van der Waals surface area contributed by atoms with Gasteiger partial charge in [0.05, 0.1) is 6.54 Å². The van der Waals surface area contributed by atoms with E-state index >= 15 is 0 Å². The number of nitrogens with one attached hydrogen (secondary N) is 1. The lowest BCUT2D eigenvalue weighted by Gasteiger charge is -2.39. The second-order valence-electron chi connectivity index (χ2n) is 5.02. The maximum atomic E-state index is 12.0. The highest BCUT2D eigenvalue weighted by atomic mass is 16.2. The lowest BCUT2D eigenvalue weighted by Crippen LogP contribution is -2.53. The molecule has 1 fully saturated rings. The van der Waals surface area contributed by atoms with E-state index < -0.39 is 0 Å². The number of nitrogens with zero attached hydrogens (tertiary/aromatic N) is 2. The van der Waals surface area contributed by atoms with Crippen LogP contribution in [-0.2, 0) is 4.79 Å². The minimum absolute atomic E-state index is 0.239. The van der Waals surface area contributed by atoms with Gasteiger partial charge in [-0.05, 0) is 40.3 Å². The largest absolute Gasteiger partial charge is 0.345 e. The van der Waals surface area contributed by atoms with Crippen LogP contribution < -0.4 is 5.32 Å². The maximum absolute atomic E-state index is 12.0. The normalized spacial score (nSPS) is 23.4. The molecule has 1 heterocycles. The Bertz CT molecular complexity index is 245. The van der Waals surface area contributed by atoms with E-state index in [0.717, 1.165) is 13.1 Å². The number of rotatable bonds is 5.